The Labute approximate surface area is 181 Å². The number of aromatic amines is 1. The standard InChI is InChI=1S/C24H19BrFN3O/c25-16-7-11-18(12-8-16)27-24(30)29-14-13-20-19-3-1-2-4-21(19)28-22(20)23(29)15-5-9-17(26)10-6-15/h1-12,23,28H,13-14H2,(H,27,30)/t23-/m1/s1. The number of nitrogens with zero attached hydrogens (tertiary/aromatic N) is 1. The molecule has 4 nitrogen and oxygen atoms in total. The first kappa shape index (κ1) is 18.9. The quantitative estimate of drug-likeness (QED) is 0.362. The molecule has 0 aliphatic carbocycles. The van der Waals surface area contributed by atoms with Gasteiger partial charge in [0.15, 0.2) is 0 Å². The molecule has 3 aromatic carbocycles. The van der Waals surface area contributed by atoms with Gasteiger partial charge in [-0.25, -0.2) is 9.18 Å². The van der Waals surface area contributed by atoms with Crippen molar-refractivity contribution in [1.82, 2.24) is 9.88 Å². The Bertz CT molecular complexity index is 1220. The Morgan fingerprint density at radius 1 is 1.03 bits per heavy atom. The van der Waals surface area contributed by atoms with Crippen LogP contribution >= 0.6 is 15.9 Å². The Hall–Kier alpha value is -3.12. The first-order valence-corrected chi connectivity index (χ1v) is 10.6. The maximum Gasteiger partial charge on any atom is 0.322 e. The summed E-state index contributed by atoms with van der Waals surface area (Å²) < 4.78 is 14.5. The van der Waals surface area contributed by atoms with E-state index in [4.69, 9.17) is 0 Å². The van der Waals surface area contributed by atoms with Crippen LogP contribution in [0.5, 0.6) is 0 Å². The molecule has 30 heavy (non-hydrogen) atoms. The van der Waals surface area contributed by atoms with Gasteiger partial charge in [-0.2, -0.15) is 0 Å². The molecule has 1 atom stereocenters. The number of H-pyrrole nitrogens is 1. The molecular weight excluding hydrogens is 445 g/mol. The first-order valence-electron chi connectivity index (χ1n) is 9.78. The maximum atomic E-state index is 13.6. The second-order valence-corrected chi connectivity index (χ2v) is 8.31. The summed E-state index contributed by atoms with van der Waals surface area (Å²) in [5.41, 5.74) is 4.84. The Balaban J connectivity index is 1.56. The number of carbonyl (C=O) groups excluding carboxylic acids is 1. The van der Waals surface area contributed by atoms with Crippen molar-refractivity contribution in [1.29, 1.82) is 0 Å². The van der Waals surface area contributed by atoms with E-state index < -0.39 is 0 Å². The molecule has 2 N–H and O–H groups in total. The van der Waals surface area contributed by atoms with Gasteiger partial charge in [-0.1, -0.05) is 46.3 Å². The fraction of sp³-hybridized carbons (Fsp3) is 0.125. The predicted octanol–water partition coefficient (Wildman–Crippen LogP) is 6.25. The highest BCUT2D eigenvalue weighted by Crippen LogP contribution is 2.38. The molecule has 4 aromatic rings. The van der Waals surface area contributed by atoms with Crippen molar-refractivity contribution < 1.29 is 9.18 Å². The molecule has 0 bridgehead atoms. The van der Waals surface area contributed by atoms with Gasteiger partial charge in [0.2, 0.25) is 0 Å². The van der Waals surface area contributed by atoms with Crippen LogP contribution in [-0.2, 0) is 6.42 Å². The topological polar surface area (TPSA) is 48.1 Å². The second-order valence-electron chi connectivity index (χ2n) is 7.40. The summed E-state index contributed by atoms with van der Waals surface area (Å²) in [6, 6.07) is 21.5. The molecule has 0 saturated heterocycles. The van der Waals surface area contributed by atoms with Gasteiger partial charge in [-0.3, -0.25) is 0 Å². The number of halogens is 2. The number of nitrogens with one attached hydrogen (secondary N) is 2. The van der Waals surface area contributed by atoms with Crippen molar-refractivity contribution in [2.24, 2.45) is 0 Å². The van der Waals surface area contributed by atoms with Crippen LogP contribution in [0.2, 0.25) is 0 Å². The number of fused-ring (bicyclic) bond motifs is 3. The van der Waals surface area contributed by atoms with Gasteiger partial charge in [0.05, 0.1) is 6.04 Å². The van der Waals surface area contributed by atoms with E-state index in [0.717, 1.165) is 33.4 Å². The lowest BCUT2D eigenvalue weighted by atomic mass is 9.92. The van der Waals surface area contributed by atoms with Crippen molar-refractivity contribution in [3.05, 3.63) is 99.9 Å². The molecule has 1 aliphatic heterocycles. The molecule has 1 aliphatic rings. The van der Waals surface area contributed by atoms with Gasteiger partial charge in [-0.15, -0.1) is 0 Å². The highest BCUT2D eigenvalue weighted by molar-refractivity contribution is 9.10. The SMILES string of the molecule is O=C(Nc1ccc(Br)cc1)N1CCc2c([nH]c3ccccc23)[C@H]1c1ccc(F)cc1. The Morgan fingerprint density at radius 2 is 1.77 bits per heavy atom. The summed E-state index contributed by atoms with van der Waals surface area (Å²) in [6.45, 7) is 0.569. The fourth-order valence-electron chi connectivity index (χ4n) is 4.18. The van der Waals surface area contributed by atoms with Crippen LogP contribution in [-0.4, -0.2) is 22.5 Å². The molecular formula is C24H19BrFN3O. The number of para-hydroxylation sites is 1. The third-order valence-electron chi connectivity index (χ3n) is 5.58. The zero-order chi connectivity index (χ0) is 20.7. The van der Waals surface area contributed by atoms with E-state index in [1.165, 1.54) is 23.1 Å². The number of hydrogen-bond acceptors (Lipinski definition) is 1. The number of carbonyl (C=O) groups is 1. The van der Waals surface area contributed by atoms with Crippen molar-refractivity contribution in [2.45, 2.75) is 12.5 Å². The summed E-state index contributed by atoms with van der Waals surface area (Å²) in [4.78, 5) is 18.6. The second kappa shape index (κ2) is 7.61. The van der Waals surface area contributed by atoms with Crippen molar-refractivity contribution in [3.8, 4) is 0 Å². The van der Waals surface area contributed by atoms with E-state index >= 15 is 0 Å². The summed E-state index contributed by atoms with van der Waals surface area (Å²) in [5.74, 6) is -0.294. The van der Waals surface area contributed by atoms with Gasteiger partial charge >= 0.3 is 6.03 Å². The average molecular weight is 464 g/mol. The number of aromatic nitrogens is 1. The van der Waals surface area contributed by atoms with E-state index in [2.05, 4.69) is 32.3 Å². The fourth-order valence-corrected chi connectivity index (χ4v) is 4.44. The average Bonchev–Trinajstić information content (AvgIpc) is 3.14. The minimum Gasteiger partial charge on any atom is -0.356 e. The van der Waals surface area contributed by atoms with Gasteiger partial charge in [0, 0.05) is 33.3 Å². The van der Waals surface area contributed by atoms with Crippen LogP contribution in [0.3, 0.4) is 0 Å². The predicted molar refractivity (Wildman–Crippen MR) is 120 cm³/mol. The van der Waals surface area contributed by atoms with Crippen LogP contribution in [0.15, 0.2) is 77.3 Å². The number of rotatable bonds is 2. The van der Waals surface area contributed by atoms with Gasteiger partial charge < -0.3 is 15.2 Å². The summed E-state index contributed by atoms with van der Waals surface area (Å²) in [6.07, 6.45) is 0.755. The molecule has 0 saturated carbocycles. The largest absolute Gasteiger partial charge is 0.356 e. The number of urea groups is 1. The zero-order valence-corrected chi connectivity index (χ0v) is 17.6. The smallest absolute Gasteiger partial charge is 0.322 e. The summed E-state index contributed by atoms with van der Waals surface area (Å²) in [7, 11) is 0. The van der Waals surface area contributed by atoms with Crippen LogP contribution < -0.4 is 5.32 Å². The van der Waals surface area contributed by atoms with Crippen molar-refractivity contribution >= 4 is 38.6 Å². The molecule has 0 fully saturated rings. The van der Waals surface area contributed by atoms with E-state index in [-0.39, 0.29) is 17.9 Å². The molecule has 0 spiro atoms. The van der Waals surface area contributed by atoms with Crippen LogP contribution in [0, 0.1) is 5.82 Å². The summed E-state index contributed by atoms with van der Waals surface area (Å²) in [5, 5.41) is 4.17. The number of benzene rings is 3. The van der Waals surface area contributed by atoms with Gasteiger partial charge in [0.25, 0.3) is 0 Å². The third-order valence-corrected chi connectivity index (χ3v) is 6.11. The van der Waals surface area contributed by atoms with Crippen molar-refractivity contribution in [2.75, 3.05) is 11.9 Å². The highest BCUT2D eigenvalue weighted by atomic mass is 79.9. The van der Waals surface area contributed by atoms with Crippen LogP contribution in [0.4, 0.5) is 14.9 Å². The lowest BCUT2D eigenvalue weighted by molar-refractivity contribution is 0.193. The maximum absolute atomic E-state index is 13.6. The molecule has 2 heterocycles. The molecule has 0 unspecified atom stereocenters. The van der Waals surface area contributed by atoms with E-state index in [1.54, 1.807) is 12.1 Å². The Kier molecular flexibility index (Phi) is 4.79. The minimum absolute atomic E-state index is 0.184. The van der Waals surface area contributed by atoms with Crippen LogP contribution in [0.25, 0.3) is 10.9 Å². The molecule has 2 amide bonds. The monoisotopic (exact) mass is 463 g/mol. The van der Waals surface area contributed by atoms with Crippen molar-refractivity contribution in [3.63, 3.8) is 0 Å². The van der Waals surface area contributed by atoms with Crippen LogP contribution in [0.1, 0.15) is 22.9 Å². The van der Waals surface area contributed by atoms with E-state index in [1.807, 2.05) is 47.4 Å². The summed E-state index contributed by atoms with van der Waals surface area (Å²) >= 11 is 3.41. The third kappa shape index (κ3) is 3.37. The Morgan fingerprint density at radius 3 is 2.53 bits per heavy atom. The normalized spacial score (nSPS) is 15.8. The molecule has 0 radical (unpaired) electrons. The molecule has 1 aromatic heterocycles. The lowest BCUT2D eigenvalue weighted by Crippen LogP contribution is -2.43. The van der Waals surface area contributed by atoms with E-state index in [9.17, 15) is 9.18 Å². The van der Waals surface area contributed by atoms with E-state index in [0.29, 0.717) is 6.54 Å². The number of anilines is 1. The number of amides is 2. The highest BCUT2D eigenvalue weighted by Gasteiger charge is 2.34. The zero-order valence-electron chi connectivity index (χ0n) is 16.0. The molecule has 150 valence electrons. The first-order chi connectivity index (χ1) is 14.6. The molecule has 6 heteroatoms. The van der Waals surface area contributed by atoms with Gasteiger partial charge in [0.1, 0.15) is 5.82 Å². The van der Waals surface area contributed by atoms with Gasteiger partial charge in [-0.05, 0) is 60.0 Å². The minimum atomic E-state index is -0.322. The lowest BCUT2D eigenvalue weighted by Gasteiger charge is -2.36. The molecule has 5 rings (SSSR count). The number of hydrogen-bond donors (Lipinski definition) is 2.